The molecule has 0 fully saturated rings. The monoisotopic (exact) mass is 241 g/mol. The van der Waals surface area contributed by atoms with Crippen LogP contribution in [0.1, 0.15) is 27.4 Å². The van der Waals surface area contributed by atoms with Crippen molar-refractivity contribution in [2.75, 3.05) is 5.32 Å². The van der Waals surface area contributed by atoms with E-state index < -0.39 is 0 Å². The van der Waals surface area contributed by atoms with Crippen molar-refractivity contribution in [3.8, 4) is 6.07 Å². The molecule has 90 valence electrons. The number of rotatable bonds is 2. The van der Waals surface area contributed by atoms with Crippen molar-refractivity contribution >= 4 is 11.7 Å². The lowest BCUT2D eigenvalue weighted by Gasteiger charge is -2.02. The minimum Gasteiger partial charge on any atom is -0.466 e. The number of aryl methyl sites for hydroxylation is 2. The minimum absolute atomic E-state index is 0.276. The predicted molar refractivity (Wildman–Crippen MR) is 65.1 cm³/mol. The van der Waals surface area contributed by atoms with Gasteiger partial charge in [0, 0.05) is 6.20 Å². The van der Waals surface area contributed by atoms with Gasteiger partial charge in [-0.05, 0) is 32.0 Å². The molecule has 5 heteroatoms. The van der Waals surface area contributed by atoms with Gasteiger partial charge in [-0.15, -0.1) is 0 Å². The molecule has 2 aromatic heterocycles. The Balaban J connectivity index is 2.16. The number of nitrogens with one attached hydrogen (secondary N) is 1. The number of hydrogen-bond donors (Lipinski definition) is 1. The summed E-state index contributed by atoms with van der Waals surface area (Å²) in [4.78, 5) is 15.9. The Morgan fingerprint density at radius 2 is 2.22 bits per heavy atom. The van der Waals surface area contributed by atoms with Crippen molar-refractivity contribution in [1.82, 2.24) is 4.98 Å². The van der Waals surface area contributed by atoms with Gasteiger partial charge >= 0.3 is 0 Å². The molecule has 0 saturated carbocycles. The van der Waals surface area contributed by atoms with Crippen LogP contribution in [-0.2, 0) is 0 Å². The molecule has 1 amide bonds. The van der Waals surface area contributed by atoms with E-state index in [-0.39, 0.29) is 5.91 Å². The maximum atomic E-state index is 11.9. The van der Waals surface area contributed by atoms with Crippen LogP contribution in [0.15, 0.2) is 28.8 Å². The van der Waals surface area contributed by atoms with Crippen LogP contribution < -0.4 is 5.32 Å². The fourth-order valence-electron chi connectivity index (χ4n) is 1.57. The lowest BCUT2D eigenvalue weighted by molar-refractivity contribution is 0.102. The third kappa shape index (κ3) is 2.38. The zero-order chi connectivity index (χ0) is 13.1. The van der Waals surface area contributed by atoms with E-state index >= 15 is 0 Å². The van der Waals surface area contributed by atoms with Crippen molar-refractivity contribution in [1.29, 1.82) is 5.26 Å². The van der Waals surface area contributed by atoms with Gasteiger partial charge in [0.15, 0.2) is 0 Å². The number of amides is 1. The lowest BCUT2D eigenvalue weighted by atomic mass is 10.2. The van der Waals surface area contributed by atoms with Crippen LogP contribution >= 0.6 is 0 Å². The standard InChI is InChI=1S/C13H11N3O2/c1-8-5-11(9(2)18-8)13(17)16-12-4-3-10(6-14)7-15-12/h3-5,7H,1-2H3,(H,15,16,17). The Hall–Kier alpha value is -2.61. The minimum atomic E-state index is -0.276. The molecule has 0 aliphatic carbocycles. The van der Waals surface area contributed by atoms with Gasteiger partial charge in [-0.25, -0.2) is 4.98 Å². The third-order valence-electron chi connectivity index (χ3n) is 2.42. The van der Waals surface area contributed by atoms with E-state index in [4.69, 9.17) is 9.68 Å². The Morgan fingerprint density at radius 3 is 2.72 bits per heavy atom. The number of aromatic nitrogens is 1. The quantitative estimate of drug-likeness (QED) is 0.875. The van der Waals surface area contributed by atoms with E-state index in [1.54, 1.807) is 32.0 Å². The fourth-order valence-corrected chi connectivity index (χ4v) is 1.57. The number of anilines is 1. The Bertz CT molecular complexity index is 621. The molecule has 0 saturated heterocycles. The van der Waals surface area contributed by atoms with E-state index in [1.807, 2.05) is 6.07 Å². The zero-order valence-electron chi connectivity index (χ0n) is 10.0. The second-order valence-electron chi connectivity index (χ2n) is 3.82. The maximum Gasteiger partial charge on any atom is 0.260 e. The van der Waals surface area contributed by atoms with E-state index in [0.29, 0.717) is 28.5 Å². The van der Waals surface area contributed by atoms with Crippen LogP contribution in [0.25, 0.3) is 0 Å². The normalized spacial score (nSPS) is 9.83. The summed E-state index contributed by atoms with van der Waals surface area (Å²) in [5, 5.41) is 11.3. The third-order valence-corrected chi connectivity index (χ3v) is 2.42. The average Bonchev–Trinajstić information content (AvgIpc) is 2.69. The first kappa shape index (κ1) is 11.9. The van der Waals surface area contributed by atoms with Gasteiger partial charge in [-0.3, -0.25) is 4.79 Å². The summed E-state index contributed by atoms with van der Waals surface area (Å²) in [6.45, 7) is 3.51. The summed E-state index contributed by atoms with van der Waals surface area (Å²) < 4.78 is 5.29. The molecule has 0 radical (unpaired) electrons. The molecular weight excluding hydrogens is 230 g/mol. The second kappa shape index (κ2) is 4.72. The number of carbonyl (C=O) groups excluding carboxylic acids is 1. The molecular formula is C13H11N3O2. The molecule has 1 N–H and O–H groups in total. The van der Waals surface area contributed by atoms with Crippen molar-refractivity contribution in [3.63, 3.8) is 0 Å². The number of pyridine rings is 1. The summed E-state index contributed by atoms with van der Waals surface area (Å²) in [6.07, 6.45) is 1.41. The highest BCUT2D eigenvalue weighted by Crippen LogP contribution is 2.15. The molecule has 2 aromatic rings. The van der Waals surface area contributed by atoms with E-state index in [9.17, 15) is 4.79 Å². The fraction of sp³-hybridized carbons (Fsp3) is 0.154. The van der Waals surface area contributed by atoms with E-state index in [2.05, 4.69) is 10.3 Å². The maximum absolute atomic E-state index is 11.9. The van der Waals surface area contributed by atoms with Crippen molar-refractivity contribution in [2.45, 2.75) is 13.8 Å². The molecule has 0 atom stereocenters. The number of nitriles is 1. The molecule has 5 nitrogen and oxygen atoms in total. The summed E-state index contributed by atoms with van der Waals surface area (Å²) in [6, 6.07) is 6.81. The van der Waals surface area contributed by atoms with Crippen molar-refractivity contribution in [2.24, 2.45) is 0 Å². The molecule has 18 heavy (non-hydrogen) atoms. The largest absolute Gasteiger partial charge is 0.466 e. The first-order valence-corrected chi connectivity index (χ1v) is 5.34. The molecule has 0 bridgehead atoms. The van der Waals surface area contributed by atoms with Crippen LogP contribution in [0.3, 0.4) is 0 Å². The van der Waals surface area contributed by atoms with Gasteiger partial charge in [0.2, 0.25) is 0 Å². The van der Waals surface area contributed by atoms with E-state index in [0.717, 1.165) is 0 Å². The Kier molecular flexibility index (Phi) is 3.11. The van der Waals surface area contributed by atoms with Crippen LogP contribution in [0.4, 0.5) is 5.82 Å². The molecule has 0 aromatic carbocycles. The summed E-state index contributed by atoms with van der Waals surface area (Å²) in [5.41, 5.74) is 0.932. The van der Waals surface area contributed by atoms with Gasteiger partial charge in [0.05, 0.1) is 11.1 Å². The Labute approximate surface area is 104 Å². The SMILES string of the molecule is Cc1cc(C(=O)Nc2ccc(C#N)cn2)c(C)o1. The number of nitrogens with zero attached hydrogens (tertiary/aromatic N) is 2. The molecule has 2 heterocycles. The van der Waals surface area contributed by atoms with Crippen LogP contribution in [-0.4, -0.2) is 10.9 Å². The molecule has 0 spiro atoms. The smallest absolute Gasteiger partial charge is 0.260 e. The van der Waals surface area contributed by atoms with Gasteiger partial charge in [0.1, 0.15) is 23.4 Å². The summed E-state index contributed by atoms with van der Waals surface area (Å²) in [5.74, 6) is 1.38. The highest BCUT2D eigenvalue weighted by molar-refractivity contribution is 6.04. The second-order valence-corrected chi connectivity index (χ2v) is 3.82. The zero-order valence-corrected chi connectivity index (χ0v) is 10.0. The van der Waals surface area contributed by atoms with Gasteiger partial charge in [-0.2, -0.15) is 5.26 Å². The first-order chi connectivity index (χ1) is 8.60. The number of carbonyl (C=O) groups is 1. The number of furan rings is 1. The predicted octanol–water partition coefficient (Wildman–Crippen LogP) is 2.42. The average molecular weight is 241 g/mol. The number of hydrogen-bond acceptors (Lipinski definition) is 4. The van der Waals surface area contributed by atoms with Crippen LogP contribution in [0.2, 0.25) is 0 Å². The molecule has 0 aliphatic rings. The Morgan fingerprint density at radius 1 is 1.44 bits per heavy atom. The van der Waals surface area contributed by atoms with Crippen LogP contribution in [0.5, 0.6) is 0 Å². The van der Waals surface area contributed by atoms with Crippen molar-refractivity contribution < 1.29 is 9.21 Å². The van der Waals surface area contributed by atoms with Crippen molar-refractivity contribution in [3.05, 3.63) is 47.0 Å². The van der Waals surface area contributed by atoms with Gasteiger partial charge < -0.3 is 9.73 Å². The highest BCUT2D eigenvalue weighted by Gasteiger charge is 2.13. The summed E-state index contributed by atoms with van der Waals surface area (Å²) >= 11 is 0. The first-order valence-electron chi connectivity index (χ1n) is 5.34. The lowest BCUT2D eigenvalue weighted by Crippen LogP contribution is -2.13. The topological polar surface area (TPSA) is 78.9 Å². The molecule has 0 aliphatic heterocycles. The molecule has 0 unspecified atom stereocenters. The molecule has 2 rings (SSSR count). The van der Waals surface area contributed by atoms with Gasteiger partial charge in [-0.1, -0.05) is 0 Å². The highest BCUT2D eigenvalue weighted by atomic mass is 16.3. The van der Waals surface area contributed by atoms with Gasteiger partial charge in [0.25, 0.3) is 5.91 Å². The summed E-state index contributed by atoms with van der Waals surface area (Å²) in [7, 11) is 0. The van der Waals surface area contributed by atoms with E-state index in [1.165, 1.54) is 6.20 Å². The van der Waals surface area contributed by atoms with Crippen LogP contribution in [0, 0.1) is 25.2 Å².